The van der Waals surface area contributed by atoms with Gasteiger partial charge in [-0.05, 0) is 43.5 Å². The van der Waals surface area contributed by atoms with Gasteiger partial charge in [0.2, 0.25) is 5.95 Å². The number of nitrogens with two attached hydrogens (primary N) is 1. The number of oxime groups is 1. The number of nitrogens with one attached hydrogen (secondary N) is 1. The zero-order valence-corrected chi connectivity index (χ0v) is 16.3. The molecule has 0 aliphatic carbocycles. The highest BCUT2D eigenvalue weighted by Crippen LogP contribution is 2.25. The van der Waals surface area contributed by atoms with Crippen LogP contribution in [0.25, 0.3) is 11.2 Å². The number of aromatic nitrogens is 4. The van der Waals surface area contributed by atoms with Crippen molar-refractivity contribution in [3.63, 3.8) is 0 Å². The van der Waals surface area contributed by atoms with Crippen LogP contribution in [-0.2, 0) is 11.8 Å². The van der Waals surface area contributed by atoms with E-state index in [4.69, 9.17) is 15.7 Å². The smallest absolute Gasteiger partial charge is 0.330 e. The van der Waals surface area contributed by atoms with Crippen molar-refractivity contribution in [1.29, 1.82) is 0 Å². The third-order valence-corrected chi connectivity index (χ3v) is 5.26. The minimum Gasteiger partial charge on any atom is -0.409 e. The Kier molecular flexibility index (Phi) is 4.93. The van der Waals surface area contributed by atoms with E-state index < -0.39 is 0 Å². The number of ether oxygens (including phenoxy) is 1. The lowest BCUT2D eigenvalue weighted by Crippen LogP contribution is -2.30. The second-order valence-electron chi connectivity index (χ2n) is 7.10. The molecular weight excluding hydrogens is 374 g/mol. The molecule has 2 aromatic heterocycles. The summed E-state index contributed by atoms with van der Waals surface area (Å²) >= 11 is 0. The fourth-order valence-electron chi connectivity index (χ4n) is 3.61. The van der Waals surface area contributed by atoms with Crippen molar-refractivity contribution in [3.05, 3.63) is 46.0 Å². The Balaban J connectivity index is 1.71. The number of nitrogens with zero attached hydrogens (tertiary/aromatic N) is 5. The average Bonchev–Trinajstić information content (AvgIpc) is 2.99. The number of rotatable bonds is 4. The van der Waals surface area contributed by atoms with Crippen LogP contribution in [-0.4, -0.2) is 43.4 Å². The molecule has 0 bridgehead atoms. The van der Waals surface area contributed by atoms with E-state index in [-0.39, 0.29) is 17.6 Å². The summed E-state index contributed by atoms with van der Waals surface area (Å²) in [6.07, 6.45) is 3.21. The molecule has 4 N–H and O–H groups in total. The topological polar surface area (TPSA) is 133 Å². The monoisotopic (exact) mass is 397 g/mol. The van der Waals surface area contributed by atoms with Gasteiger partial charge < -0.3 is 21.0 Å². The quantitative estimate of drug-likeness (QED) is 0.264. The molecule has 29 heavy (non-hydrogen) atoms. The molecule has 1 aliphatic rings. The molecule has 0 amide bonds. The van der Waals surface area contributed by atoms with E-state index >= 15 is 0 Å². The minimum atomic E-state index is -0.0994. The van der Waals surface area contributed by atoms with Gasteiger partial charge in [-0.3, -0.25) is 9.13 Å². The number of aryl methyl sites for hydroxylation is 2. The van der Waals surface area contributed by atoms with Gasteiger partial charge in [-0.25, -0.2) is 9.78 Å². The highest BCUT2D eigenvalue weighted by Gasteiger charge is 2.23. The van der Waals surface area contributed by atoms with E-state index in [0.717, 1.165) is 24.1 Å². The van der Waals surface area contributed by atoms with E-state index in [1.807, 2.05) is 13.0 Å². The first-order valence-corrected chi connectivity index (χ1v) is 9.37. The SMILES string of the molecule is Cc1cc(C(N)=NO)ccc1Nc1ncc2c(n1)n(C1CCOCC1)c(=O)n2C. The van der Waals surface area contributed by atoms with Crippen LogP contribution in [0.3, 0.4) is 0 Å². The van der Waals surface area contributed by atoms with Crippen molar-refractivity contribution >= 4 is 28.6 Å². The Hall–Kier alpha value is -3.40. The molecule has 3 aromatic rings. The molecule has 10 heteroatoms. The van der Waals surface area contributed by atoms with Gasteiger partial charge in [0, 0.05) is 37.6 Å². The van der Waals surface area contributed by atoms with E-state index in [0.29, 0.717) is 35.9 Å². The van der Waals surface area contributed by atoms with Crippen molar-refractivity contribution in [2.75, 3.05) is 18.5 Å². The zero-order chi connectivity index (χ0) is 20.5. The molecule has 0 radical (unpaired) electrons. The van der Waals surface area contributed by atoms with Gasteiger partial charge in [-0.1, -0.05) is 5.16 Å². The second kappa shape index (κ2) is 7.55. The van der Waals surface area contributed by atoms with Gasteiger partial charge in [0.15, 0.2) is 11.5 Å². The Morgan fingerprint density at radius 1 is 1.38 bits per heavy atom. The van der Waals surface area contributed by atoms with Gasteiger partial charge in [0.05, 0.1) is 6.20 Å². The summed E-state index contributed by atoms with van der Waals surface area (Å²) in [5.41, 5.74) is 9.12. The summed E-state index contributed by atoms with van der Waals surface area (Å²) < 4.78 is 8.75. The second-order valence-corrected chi connectivity index (χ2v) is 7.10. The van der Waals surface area contributed by atoms with Crippen LogP contribution in [0, 0.1) is 6.92 Å². The lowest BCUT2D eigenvalue weighted by molar-refractivity contribution is 0.0695. The van der Waals surface area contributed by atoms with Gasteiger partial charge in [0.25, 0.3) is 0 Å². The number of hydrogen-bond acceptors (Lipinski definition) is 7. The van der Waals surface area contributed by atoms with Crippen LogP contribution >= 0.6 is 0 Å². The molecule has 3 heterocycles. The number of anilines is 2. The van der Waals surface area contributed by atoms with Crippen LogP contribution in [0.4, 0.5) is 11.6 Å². The lowest BCUT2D eigenvalue weighted by atomic mass is 10.1. The van der Waals surface area contributed by atoms with Crippen molar-refractivity contribution in [3.8, 4) is 0 Å². The van der Waals surface area contributed by atoms with Crippen LogP contribution in [0.1, 0.15) is 30.0 Å². The minimum absolute atomic E-state index is 0.0436. The third-order valence-electron chi connectivity index (χ3n) is 5.26. The van der Waals surface area contributed by atoms with Crippen molar-refractivity contribution in [2.24, 2.45) is 17.9 Å². The fourth-order valence-corrected chi connectivity index (χ4v) is 3.61. The summed E-state index contributed by atoms with van der Waals surface area (Å²) in [4.78, 5) is 21.8. The van der Waals surface area contributed by atoms with Gasteiger partial charge in [-0.15, -0.1) is 0 Å². The predicted octanol–water partition coefficient (Wildman–Crippen LogP) is 1.63. The van der Waals surface area contributed by atoms with E-state index in [1.165, 1.54) is 0 Å². The molecule has 0 unspecified atom stereocenters. The van der Waals surface area contributed by atoms with E-state index in [1.54, 1.807) is 34.5 Å². The highest BCUT2D eigenvalue weighted by atomic mass is 16.5. The standard InChI is InChI=1S/C19H23N7O3/c1-11-9-12(16(20)24-28)3-4-14(11)22-18-21-10-15-17(23-18)26(19(27)25(15)2)13-5-7-29-8-6-13/h3-4,9-10,13,28H,5-8H2,1-2H3,(H2,20,24)(H,21,22,23). The van der Waals surface area contributed by atoms with Crippen LogP contribution in [0.2, 0.25) is 0 Å². The number of imidazole rings is 1. The molecule has 1 aromatic carbocycles. The Labute approximate surface area is 166 Å². The van der Waals surface area contributed by atoms with Crippen molar-refractivity contribution in [1.82, 2.24) is 19.1 Å². The molecule has 1 aliphatic heterocycles. The van der Waals surface area contributed by atoms with E-state index in [9.17, 15) is 4.79 Å². The van der Waals surface area contributed by atoms with Gasteiger partial charge in [-0.2, -0.15) is 4.98 Å². The number of hydrogen-bond donors (Lipinski definition) is 3. The normalized spacial score (nSPS) is 15.7. The molecule has 0 atom stereocenters. The van der Waals surface area contributed by atoms with Crippen molar-refractivity contribution in [2.45, 2.75) is 25.8 Å². The summed E-state index contributed by atoms with van der Waals surface area (Å²) in [6.45, 7) is 3.17. The zero-order valence-electron chi connectivity index (χ0n) is 16.3. The molecule has 152 valence electrons. The maximum atomic E-state index is 12.8. The predicted molar refractivity (Wildman–Crippen MR) is 109 cm³/mol. The molecule has 10 nitrogen and oxygen atoms in total. The Morgan fingerprint density at radius 3 is 2.83 bits per heavy atom. The number of fused-ring (bicyclic) bond motifs is 1. The molecule has 1 fully saturated rings. The van der Waals surface area contributed by atoms with E-state index in [2.05, 4.69) is 20.4 Å². The lowest BCUT2D eigenvalue weighted by Gasteiger charge is -2.22. The molecule has 1 saturated heterocycles. The third kappa shape index (κ3) is 3.42. The molecule has 0 saturated carbocycles. The highest BCUT2D eigenvalue weighted by molar-refractivity contribution is 5.97. The number of benzene rings is 1. The Morgan fingerprint density at radius 2 is 2.14 bits per heavy atom. The average molecular weight is 397 g/mol. The first-order valence-electron chi connectivity index (χ1n) is 9.37. The maximum Gasteiger partial charge on any atom is 0.330 e. The van der Waals surface area contributed by atoms with Gasteiger partial charge in [0.1, 0.15) is 5.52 Å². The largest absolute Gasteiger partial charge is 0.409 e. The molecular formula is C19H23N7O3. The fraction of sp³-hybridized carbons (Fsp3) is 0.368. The first kappa shape index (κ1) is 18.9. The van der Waals surface area contributed by atoms with Crippen LogP contribution < -0.4 is 16.7 Å². The summed E-state index contributed by atoms with van der Waals surface area (Å²) in [5, 5.41) is 15.0. The first-order chi connectivity index (χ1) is 14.0. The van der Waals surface area contributed by atoms with Gasteiger partial charge >= 0.3 is 5.69 Å². The summed E-state index contributed by atoms with van der Waals surface area (Å²) in [7, 11) is 1.73. The van der Waals surface area contributed by atoms with Crippen molar-refractivity contribution < 1.29 is 9.94 Å². The van der Waals surface area contributed by atoms with Crippen LogP contribution in [0.15, 0.2) is 34.3 Å². The Bertz CT molecular complexity index is 1140. The van der Waals surface area contributed by atoms with Crippen LogP contribution in [0.5, 0.6) is 0 Å². The number of amidine groups is 1. The molecule has 4 rings (SSSR count). The summed E-state index contributed by atoms with van der Waals surface area (Å²) in [6, 6.07) is 5.41. The molecule has 0 spiro atoms. The summed E-state index contributed by atoms with van der Waals surface area (Å²) in [5.74, 6) is 0.436. The maximum absolute atomic E-state index is 12.8.